The number of ketones is 3. The highest BCUT2D eigenvalue weighted by Gasteiger charge is 2.56. The van der Waals surface area contributed by atoms with Crippen molar-refractivity contribution in [2.75, 3.05) is 11.5 Å². The van der Waals surface area contributed by atoms with Gasteiger partial charge in [0.05, 0.1) is 24.1 Å². The van der Waals surface area contributed by atoms with Gasteiger partial charge in [0.15, 0.2) is 28.8 Å². The van der Waals surface area contributed by atoms with Crippen LogP contribution < -0.4 is 9.64 Å². The van der Waals surface area contributed by atoms with Crippen molar-refractivity contribution in [3.05, 3.63) is 88.0 Å². The summed E-state index contributed by atoms with van der Waals surface area (Å²) in [6, 6.07) is 11.3. The molecule has 0 unspecified atom stereocenters. The summed E-state index contributed by atoms with van der Waals surface area (Å²) in [6.45, 7) is 5.18. The second-order valence-corrected chi connectivity index (χ2v) is 11.0. The average molecular weight is 552 g/mol. The van der Waals surface area contributed by atoms with Gasteiger partial charge in [-0.3, -0.25) is 28.9 Å². The minimum absolute atomic E-state index is 0.0420. The zero-order chi connectivity index (χ0) is 29.2. The van der Waals surface area contributed by atoms with Gasteiger partial charge in [-0.25, -0.2) is 0 Å². The van der Waals surface area contributed by atoms with Crippen LogP contribution in [-0.2, 0) is 19.2 Å². The molecule has 2 aromatic rings. The third kappa shape index (κ3) is 4.08. The number of carbonyl (C=O) groups is 5. The second-order valence-electron chi connectivity index (χ2n) is 11.0. The summed E-state index contributed by atoms with van der Waals surface area (Å²) in [4.78, 5) is 67.4. The fourth-order valence-electron chi connectivity index (χ4n) is 6.84. The van der Waals surface area contributed by atoms with Crippen LogP contribution in [0.2, 0.25) is 0 Å². The lowest BCUT2D eigenvalue weighted by Crippen LogP contribution is -2.39. The van der Waals surface area contributed by atoms with Crippen molar-refractivity contribution in [2.24, 2.45) is 17.8 Å². The Hall–Kier alpha value is -4.59. The van der Waals surface area contributed by atoms with E-state index in [-0.39, 0.29) is 47.1 Å². The number of allylic oxidation sites excluding steroid dienone is 6. The Morgan fingerprint density at radius 1 is 1.02 bits per heavy atom. The fourth-order valence-corrected chi connectivity index (χ4v) is 6.84. The largest absolute Gasteiger partial charge is 0.504 e. The molecule has 3 aliphatic carbocycles. The van der Waals surface area contributed by atoms with Crippen LogP contribution in [0.15, 0.2) is 76.9 Å². The summed E-state index contributed by atoms with van der Waals surface area (Å²) in [6.07, 6.45) is 3.81. The van der Waals surface area contributed by atoms with Gasteiger partial charge in [0.1, 0.15) is 0 Å². The number of nitrogens with zero attached hydrogens (tertiary/aromatic N) is 1. The first kappa shape index (κ1) is 26.6. The van der Waals surface area contributed by atoms with Crippen molar-refractivity contribution in [3.63, 3.8) is 0 Å². The lowest BCUT2D eigenvalue weighted by molar-refractivity contribution is -0.123. The van der Waals surface area contributed by atoms with E-state index in [1.165, 1.54) is 24.0 Å². The average Bonchev–Trinajstić information content (AvgIpc) is 3.21. The predicted molar refractivity (Wildman–Crippen MR) is 150 cm³/mol. The molecule has 8 nitrogen and oxygen atoms in total. The monoisotopic (exact) mass is 551 g/mol. The molecule has 41 heavy (non-hydrogen) atoms. The zero-order valence-corrected chi connectivity index (χ0v) is 23.0. The van der Waals surface area contributed by atoms with E-state index in [9.17, 15) is 29.1 Å². The van der Waals surface area contributed by atoms with E-state index in [1.807, 2.05) is 6.08 Å². The Labute approximate surface area is 237 Å². The second kappa shape index (κ2) is 9.80. The highest BCUT2D eigenvalue weighted by molar-refractivity contribution is 6.25. The number of rotatable bonds is 5. The Balaban J connectivity index is 1.46. The maximum Gasteiger partial charge on any atom is 0.238 e. The van der Waals surface area contributed by atoms with Crippen LogP contribution in [0.4, 0.5) is 5.69 Å². The number of carbonyl (C=O) groups excluding carboxylic acids is 5. The van der Waals surface area contributed by atoms with Gasteiger partial charge < -0.3 is 9.84 Å². The van der Waals surface area contributed by atoms with E-state index in [2.05, 4.69) is 0 Å². The summed E-state index contributed by atoms with van der Waals surface area (Å²) in [5, 5.41) is 10.3. The molecule has 1 heterocycles. The van der Waals surface area contributed by atoms with Gasteiger partial charge in [-0.15, -0.1) is 0 Å². The smallest absolute Gasteiger partial charge is 0.238 e. The van der Waals surface area contributed by atoms with Crippen LogP contribution in [0.25, 0.3) is 0 Å². The zero-order valence-electron chi connectivity index (χ0n) is 23.0. The number of benzene rings is 2. The molecule has 0 bridgehead atoms. The number of aromatic hydroxyl groups is 1. The maximum absolute atomic E-state index is 14.0. The van der Waals surface area contributed by atoms with Gasteiger partial charge in [0.25, 0.3) is 0 Å². The Morgan fingerprint density at radius 3 is 2.44 bits per heavy atom. The van der Waals surface area contributed by atoms with Gasteiger partial charge in [0.2, 0.25) is 11.8 Å². The van der Waals surface area contributed by atoms with E-state index in [1.54, 1.807) is 50.2 Å². The fraction of sp³-hybridized carbons (Fsp3) is 0.303. The van der Waals surface area contributed by atoms with E-state index < -0.39 is 23.7 Å². The molecule has 0 radical (unpaired) electrons. The molecule has 8 heteroatoms. The minimum atomic E-state index is -0.705. The van der Waals surface area contributed by atoms with Crippen molar-refractivity contribution < 1.29 is 33.8 Å². The number of hydrogen-bond donors (Lipinski definition) is 1. The van der Waals surface area contributed by atoms with Gasteiger partial charge >= 0.3 is 0 Å². The molecule has 1 fully saturated rings. The third-order valence-corrected chi connectivity index (χ3v) is 8.71. The highest BCUT2D eigenvalue weighted by atomic mass is 16.5. The number of phenols is 1. The van der Waals surface area contributed by atoms with Crippen molar-refractivity contribution >= 4 is 34.9 Å². The molecular weight excluding hydrogens is 522 g/mol. The number of fused-ring (bicyclic) bond motifs is 3. The minimum Gasteiger partial charge on any atom is -0.504 e. The Bertz CT molecular complexity index is 1640. The number of anilines is 1. The number of Topliss-reactive ketones (excluding diaryl/α,β-unsaturated/α-hetero) is 2. The summed E-state index contributed by atoms with van der Waals surface area (Å²) in [7, 11) is 0. The molecule has 1 aliphatic heterocycles. The van der Waals surface area contributed by atoms with Crippen LogP contribution >= 0.6 is 0 Å². The lowest BCUT2D eigenvalue weighted by atomic mass is 9.59. The SMILES string of the molecule is CCOc1cc([C@H]2C3=CC[C@@H]4C(=O)N(c5ccc(C(C)=O)cc5)C(=O)[C@@H]4[C@@H]3CC3=C2C(=O)C=C(C)C3=O)ccc1O. The van der Waals surface area contributed by atoms with Gasteiger partial charge in [0, 0.05) is 28.2 Å². The summed E-state index contributed by atoms with van der Waals surface area (Å²) < 4.78 is 5.62. The number of hydrogen-bond acceptors (Lipinski definition) is 7. The number of amides is 2. The van der Waals surface area contributed by atoms with Gasteiger partial charge in [-0.2, -0.15) is 0 Å². The molecular formula is C33H29NO7. The van der Waals surface area contributed by atoms with Crippen molar-refractivity contribution in [1.29, 1.82) is 0 Å². The van der Waals surface area contributed by atoms with Crippen LogP contribution in [-0.4, -0.2) is 40.9 Å². The summed E-state index contributed by atoms with van der Waals surface area (Å²) >= 11 is 0. The quantitative estimate of drug-likeness (QED) is 0.249. The first-order chi connectivity index (χ1) is 19.6. The van der Waals surface area contributed by atoms with E-state index >= 15 is 0 Å². The summed E-state index contributed by atoms with van der Waals surface area (Å²) in [5.41, 5.74) is 3.46. The molecule has 208 valence electrons. The van der Waals surface area contributed by atoms with Crippen LogP contribution in [0, 0.1) is 17.8 Å². The Morgan fingerprint density at radius 2 is 1.76 bits per heavy atom. The van der Waals surface area contributed by atoms with Crippen molar-refractivity contribution in [3.8, 4) is 11.5 Å². The van der Waals surface area contributed by atoms with Crippen LogP contribution in [0.1, 0.15) is 55.5 Å². The number of ether oxygens (including phenoxy) is 1. The van der Waals surface area contributed by atoms with E-state index in [0.717, 1.165) is 5.57 Å². The van der Waals surface area contributed by atoms with Crippen LogP contribution in [0.5, 0.6) is 11.5 Å². The first-order valence-corrected chi connectivity index (χ1v) is 13.8. The maximum atomic E-state index is 14.0. The standard InChI is InChI=1S/C33H29NO7/c1-4-41-27-14-19(7-12-25(27)36)28-21-10-11-22-29(23(21)15-24-30(28)26(37)13-16(2)31(24)38)33(40)34(32(22)39)20-8-5-18(6-9-20)17(3)35/h5-10,12-14,22-23,28-29,36H,4,11,15H2,1-3H3/t22-,23+,28-,29-/m0/s1. The normalized spacial score (nSPS) is 25.4. The van der Waals surface area contributed by atoms with E-state index in [4.69, 9.17) is 4.74 Å². The van der Waals surface area contributed by atoms with Crippen LogP contribution in [0.3, 0.4) is 0 Å². The van der Waals surface area contributed by atoms with Gasteiger partial charge in [-0.1, -0.05) is 17.7 Å². The predicted octanol–water partition coefficient (Wildman–Crippen LogP) is 4.63. The topological polar surface area (TPSA) is 118 Å². The molecule has 4 atom stereocenters. The van der Waals surface area contributed by atoms with E-state index in [0.29, 0.717) is 46.6 Å². The molecule has 6 rings (SSSR count). The third-order valence-electron chi connectivity index (χ3n) is 8.71. The molecule has 4 aliphatic rings. The molecule has 1 N–H and O–H groups in total. The molecule has 0 aromatic heterocycles. The Kier molecular flexibility index (Phi) is 6.36. The summed E-state index contributed by atoms with van der Waals surface area (Å²) in [5.74, 6) is -3.45. The molecule has 2 aromatic carbocycles. The molecule has 1 saturated heterocycles. The van der Waals surface area contributed by atoms with Crippen molar-refractivity contribution in [2.45, 2.75) is 39.5 Å². The highest BCUT2D eigenvalue weighted by Crippen LogP contribution is 2.55. The molecule has 0 spiro atoms. The molecule has 0 saturated carbocycles. The number of phenolic OH excluding ortho intramolecular Hbond substituents is 1. The van der Waals surface area contributed by atoms with Gasteiger partial charge in [-0.05, 0) is 87.6 Å². The van der Waals surface area contributed by atoms with Crippen molar-refractivity contribution in [1.82, 2.24) is 0 Å². The number of imide groups is 1. The molecule has 2 amide bonds. The lowest BCUT2D eigenvalue weighted by Gasteiger charge is -2.42. The first-order valence-electron chi connectivity index (χ1n) is 13.8.